The molecule has 0 spiro atoms. The van der Waals surface area contributed by atoms with Gasteiger partial charge in [-0.15, -0.1) is 0 Å². The van der Waals surface area contributed by atoms with Crippen molar-refractivity contribution in [2.24, 2.45) is 0 Å². The number of carbonyl (C=O) groups excluding carboxylic acids is 1. The lowest BCUT2D eigenvalue weighted by molar-refractivity contribution is -0.137. The van der Waals surface area contributed by atoms with Crippen molar-refractivity contribution in [3.8, 4) is 16.9 Å². The molecule has 3 aromatic rings. The molecule has 27 heavy (non-hydrogen) atoms. The van der Waals surface area contributed by atoms with Crippen molar-refractivity contribution in [2.45, 2.75) is 6.18 Å². The Labute approximate surface area is 161 Å². The second-order valence-electron chi connectivity index (χ2n) is 5.74. The van der Waals surface area contributed by atoms with Crippen molar-refractivity contribution in [2.75, 3.05) is 5.32 Å². The molecule has 0 aliphatic heterocycles. The Hall–Kier alpha value is -2.80. The van der Waals surface area contributed by atoms with Crippen LogP contribution in [-0.2, 0) is 6.18 Å². The van der Waals surface area contributed by atoms with Crippen molar-refractivity contribution in [1.82, 2.24) is 0 Å². The summed E-state index contributed by atoms with van der Waals surface area (Å²) >= 11 is 3.39. The van der Waals surface area contributed by atoms with Gasteiger partial charge in [-0.25, -0.2) is 0 Å². The van der Waals surface area contributed by atoms with Crippen LogP contribution in [0.15, 0.2) is 71.2 Å². The number of halogens is 4. The van der Waals surface area contributed by atoms with Crippen LogP contribution in [0.25, 0.3) is 11.1 Å². The third-order valence-corrected chi connectivity index (χ3v) is 4.54. The summed E-state index contributed by atoms with van der Waals surface area (Å²) in [5.74, 6) is -0.867. The van der Waals surface area contributed by atoms with Gasteiger partial charge in [-0.1, -0.05) is 46.3 Å². The fraction of sp³-hybridized carbons (Fsp3) is 0.0500. The molecule has 2 N–H and O–H groups in total. The number of hydrogen-bond donors (Lipinski definition) is 2. The molecule has 138 valence electrons. The predicted molar refractivity (Wildman–Crippen MR) is 101 cm³/mol. The predicted octanol–water partition coefficient (Wildman–Crippen LogP) is 6.09. The van der Waals surface area contributed by atoms with Gasteiger partial charge in [-0.2, -0.15) is 13.2 Å². The van der Waals surface area contributed by atoms with Crippen molar-refractivity contribution in [3.05, 3.63) is 82.3 Å². The number of hydrogen-bond acceptors (Lipinski definition) is 2. The first-order chi connectivity index (χ1) is 12.8. The average Bonchev–Trinajstić information content (AvgIpc) is 2.63. The third kappa shape index (κ3) is 4.31. The number of aromatic hydroxyl groups is 1. The van der Waals surface area contributed by atoms with E-state index in [1.807, 2.05) is 30.3 Å². The van der Waals surface area contributed by atoms with E-state index in [0.717, 1.165) is 29.8 Å². The zero-order valence-corrected chi connectivity index (χ0v) is 15.3. The van der Waals surface area contributed by atoms with Gasteiger partial charge in [0.05, 0.1) is 11.1 Å². The quantitative estimate of drug-likeness (QED) is 0.522. The molecule has 3 aromatic carbocycles. The average molecular weight is 436 g/mol. The topological polar surface area (TPSA) is 49.3 Å². The Kier molecular flexibility index (Phi) is 5.23. The molecule has 0 saturated carbocycles. The molecule has 0 saturated heterocycles. The summed E-state index contributed by atoms with van der Waals surface area (Å²) in [6.07, 6.45) is -4.45. The van der Waals surface area contributed by atoms with Gasteiger partial charge >= 0.3 is 6.18 Å². The standard InChI is InChI=1S/C20H13BrF3NO2/c21-17-10-16(18(26)11-15(17)12-4-2-1-3-5-12)19(27)25-14-8-6-13(7-9-14)20(22,23)24/h1-11,26H,(H,25,27). The second kappa shape index (κ2) is 7.44. The Bertz CT molecular complexity index is 971. The zero-order chi connectivity index (χ0) is 19.6. The monoisotopic (exact) mass is 435 g/mol. The van der Waals surface area contributed by atoms with E-state index in [1.165, 1.54) is 12.1 Å². The van der Waals surface area contributed by atoms with E-state index in [9.17, 15) is 23.1 Å². The number of carbonyl (C=O) groups is 1. The minimum absolute atomic E-state index is 0.00135. The maximum Gasteiger partial charge on any atom is 0.416 e. The highest BCUT2D eigenvalue weighted by Gasteiger charge is 2.30. The van der Waals surface area contributed by atoms with Gasteiger partial charge in [0.25, 0.3) is 5.91 Å². The molecule has 3 rings (SSSR count). The lowest BCUT2D eigenvalue weighted by Gasteiger charge is -2.12. The third-order valence-electron chi connectivity index (χ3n) is 3.88. The van der Waals surface area contributed by atoms with Gasteiger partial charge in [-0.05, 0) is 47.5 Å². The SMILES string of the molecule is O=C(Nc1ccc(C(F)(F)F)cc1)c1cc(Br)c(-c2ccccc2)cc1O. The molecule has 7 heteroatoms. The van der Waals surface area contributed by atoms with Gasteiger partial charge < -0.3 is 10.4 Å². The summed E-state index contributed by atoms with van der Waals surface area (Å²) in [5.41, 5.74) is 0.948. The highest BCUT2D eigenvalue weighted by molar-refractivity contribution is 9.10. The molecule has 3 nitrogen and oxygen atoms in total. The first-order valence-corrected chi connectivity index (χ1v) is 8.61. The van der Waals surface area contributed by atoms with Gasteiger partial charge in [0.2, 0.25) is 0 Å². The number of phenolic OH excluding ortho intramolecular Hbond substituents is 1. The van der Waals surface area contributed by atoms with Crippen LogP contribution < -0.4 is 5.32 Å². The summed E-state index contributed by atoms with van der Waals surface area (Å²) in [4.78, 5) is 12.4. The van der Waals surface area contributed by atoms with Gasteiger partial charge in [0.1, 0.15) is 5.75 Å². The van der Waals surface area contributed by atoms with E-state index in [2.05, 4.69) is 21.2 Å². The number of benzene rings is 3. The highest BCUT2D eigenvalue weighted by atomic mass is 79.9. The van der Waals surface area contributed by atoms with E-state index < -0.39 is 17.6 Å². The van der Waals surface area contributed by atoms with Crippen LogP contribution in [0.4, 0.5) is 18.9 Å². The van der Waals surface area contributed by atoms with Crippen LogP contribution in [0, 0.1) is 0 Å². The largest absolute Gasteiger partial charge is 0.507 e. The molecular weight excluding hydrogens is 423 g/mol. The summed E-state index contributed by atoms with van der Waals surface area (Å²) < 4.78 is 38.4. The van der Waals surface area contributed by atoms with Crippen LogP contribution in [0.5, 0.6) is 5.75 Å². The van der Waals surface area contributed by atoms with Crippen LogP contribution in [-0.4, -0.2) is 11.0 Å². The molecule has 0 bridgehead atoms. The lowest BCUT2D eigenvalue weighted by Crippen LogP contribution is -2.13. The van der Waals surface area contributed by atoms with E-state index in [0.29, 0.717) is 10.0 Å². The maximum atomic E-state index is 12.6. The maximum absolute atomic E-state index is 12.6. The van der Waals surface area contributed by atoms with Crippen LogP contribution in [0.1, 0.15) is 15.9 Å². The molecular formula is C20H13BrF3NO2. The van der Waals surface area contributed by atoms with Crippen molar-refractivity contribution >= 4 is 27.5 Å². The highest BCUT2D eigenvalue weighted by Crippen LogP contribution is 2.34. The first kappa shape index (κ1) is 19.0. The summed E-state index contributed by atoms with van der Waals surface area (Å²) in [6.45, 7) is 0. The van der Waals surface area contributed by atoms with Gasteiger partial charge in [0, 0.05) is 10.2 Å². The Balaban J connectivity index is 1.84. The van der Waals surface area contributed by atoms with E-state index >= 15 is 0 Å². The van der Waals surface area contributed by atoms with Gasteiger partial charge in [0.15, 0.2) is 0 Å². The Morgan fingerprint density at radius 3 is 2.19 bits per heavy atom. The fourth-order valence-electron chi connectivity index (χ4n) is 2.52. The Morgan fingerprint density at radius 1 is 0.963 bits per heavy atom. The smallest absolute Gasteiger partial charge is 0.416 e. The molecule has 0 unspecified atom stereocenters. The van der Waals surface area contributed by atoms with Crippen molar-refractivity contribution < 1.29 is 23.1 Å². The number of anilines is 1. The molecule has 0 heterocycles. The fourth-order valence-corrected chi connectivity index (χ4v) is 3.10. The minimum Gasteiger partial charge on any atom is -0.507 e. The molecule has 1 amide bonds. The molecule has 0 radical (unpaired) electrons. The van der Waals surface area contributed by atoms with E-state index in [1.54, 1.807) is 0 Å². The van der Waals surface area contributed by atoms with E-state index in [-0.39, 0.29) is 17.0 Å². The van der Waals surface area contributed by atoms with Gasteiger partial charge in [-0.3, -0.25) is 4.79 Å². The molecule has 0 aliphatic rings. The second-order valence-corrected chi connectivity index (χ2v) is 6.60. The number of phenols is 1. The summed E-state index contributed by atoms with van der Waals surface area (Å²) in [7, 11) is 0. The Morgan fingerprint density at radius 2 is 1.59 bits per heavy atom. The lowest BCUT2D eigenvalue weighted by atomic mass is 10.0. The molecule has 0 fully saturated rings. The van der Waals surface area contributed by atoms with Crippen LogP contribution in [0.2, 0.25) is 0 Å². The van der Waals surface area contributed by atoms with Crippen molar-refractivity contribution in [1.29, 1.82) is 0 Å². The number of alkyl halides is 3. The molecule has 0 aliphatic carbocycles. The number of nitrogens with one attached hydrogen (secondary N) is 1. The summed E-state index contributed by atoms with van der Waals surface area (Å²) in [5, 5.41) is 12.7. The minimum atomic E-state index is -4.45. The number of amides is 1. The molecule has 0 aromatic heterocycles. The molecule has 0 atom stereocenters. The van der Waals surface area contributed by atoms with Crippen molar-refractivity contribution in [3.63, 3.8) is 0 Å². The zero-order valence-electron chi connectivity index (χ0n) is 13.7. The van der Waals surface area contributed by atoms with Crippen LogP contribution >= 0.6 is 15.9 Å². The van der Waals surface area contributed by atoms with Crippen LogP contribution in [0.3, 0.4) is 0 Å². The number of rotatable bonds is 3. The first-order valence-electron chi connectivity index (χ1n) is 7.82. The normalized spacial score (nSPS) is 11.3. The summed E-state index contributed by atoms with van der Waals surface area (Å²) in [6, 6.07) is 16.3. The van der Waals surface area contributed by atoms with E-state index in [4.69, 9.17) is 0 Å².